The largest absolute Gasteiger partial charge is 0.478 e. The fraction of sp³-hybridized carbons (Fsp3) is 0.118. The zero-order valence-electron chi connectivity index (χ0n) is 12.5. The van der Waals surface area contributed by atoms with Gasteiger partial charge in [0.25, 0.3) is 0 Å². The van der Waals surface area contributed by atoms with E-state index in [4.69, 9.17) is 5.11 Å². The van der Waals surface area contributed by atoms with Crippen molar-refractivity contribution in [3.05, 3.63) is 59.2 Å². The summed E-state index contributed by atoms with van der Waals surface area (Å²) in [7, 11) is 0. The van der Waals surface area contributed by atoms with Gasteiger partial charge in [-0.2, -0.15) is 5.10 Å². The van der Waals surface area contributed by atoms with Crippen molar-refractivity contribution in [3.8, 4) is 0 Å². The number of rotatable bonds is 4. The molecule has 0 atom stereocenters. The first-order valence-electron chi connectivity index (χ1n) is 7.10. The predicted molar refractivity (Wildman–Crippen MR) is 88.0 cm³/mol. The van der Waals surface area contributed by atoms with Crippen molar-refractivity contribution in [2.45, 2.75) is 13.3 Å². The quantitative estimate of drug-likeness (QED) is 0.598. The van der Waals surface area contributed by atoms with Gasteiger partial charge in [-0.1, -0.05) is 6.07 Å². The molecule has 6 nitrogen and oxygen atoms in total. The molecule has 0 aromatic heterocycles. The normalized spacial score (nSPS) is 13.4. The molecule has 2 aromatic carbocycles. The number of carboxylic acid groups (broad SMARTS) is 1. The van der Waals surface area contributed by atoms with Gasteiger partial charge in [-0.3, -0.25) is 10.2 Å². The lowest BCUT2D eigenvalue weighted by Crippen LogP contribution is -2.03. The minimum atomic E-state index is -0.961. The zero-order chi connectivity index (χ0) is 16.4. The number of anilines is 2. The Morgan fingerprint density at radius 3 is 2.57 bits per heavy atom. The van der Waals surface area contributed by atoms with Gasteiger partial charge in [-0.15, -0.1) is 0 Å². The molecule has 6 heteroatoms. The SMILES string of the molecule is C/C(=N\Nc1ccc(C(=O)O)cc1)c1ccc2c(c1)CC(=O)N2. The Hall–Kier alpha value is -3.15. The van der Waals surface area contributed by atoms with Crippen molar-refractivity contribution < 1.29 is 14.7 Å². The van der Waals surface area contributed by atoms with Crippen LogP contribution in [0, 0.1) is 0 Å². The third kappa shape index (κ3) is 3.21. The van der Waals surface area contributed by atoms with Crippen LogP contribution in [0.5, 0.6) is 0 Å². The Bertz CT molecular complexity index is 810. The average Bonchev–Trinajstić information content (AvgIpc) is 2.92. The highest BCUT2D eigenvalue weighted by Gasteiger charge is 2.17. The molecule has 0 saturated carbocycles. The van der Waals surface area contributed by atoms with E-state index in [-0.39, 0.29) is 11.5 Å². The van der Waals surface area contributed by atoms with E-state index in [1.807, 2.05) is 25.1 Å². The number of hydrazone groups is 1. The molecule has 0 unspecified atom stereocenters. The highest BCUT2D eigenvalue weighted by atomic mass is 16.4. The number of carbonyl (C=O) groups excluding carboxylic acids is 1. The first kappa shape index (κ1) is 14.8. The van der Waals surface area contributed by atoms with Crippen LogP contribution < -0.4 is 10.7 Å². The first-order chi connectivity index (χ1) is 11.0. The van der Waals surface area contributed by atoms with E-state index in [0.29, 0.717) is 12.1 Å². The molecule has 1 aliphatic rings. The maximum Gasteiger partial charge on any atom is 0.335 e. The summed E-state index contributed by atoms with van der Waals surface area (Å²) in [5.74, 6) is -0.957. The van der Waals surface area contributed by atoms with E-state index in [9.17, 15) is 9.59 Å². The molecule has 1 heterocycles. The van der Waals surface area contributed by atoms with Crippen molar-refractivity contribution >= 4 is 29.0 Å². The fourth-order valence-electron chi connectivity index (χ4n) is 2.35. The minimum absolute atomic E-state index is 0.00314. The molecule has 1 amide bonds. The second-order valence-electron chi connectivity index (χ2n) is 5.29. The van der Waals surface area contributed by atoms with Crippen LogP contribution in [0.3, 0.4) is 0 Å². The van der Waals surface area contributed by atoms with Gasteiger partial charge in [0.05, 0.1) is 23.4 Å². The van der Waals surface area contributed by atoms with Gasteiger partial charge in [0.15, 0.2) is 0 Å². The third-order valence-electron chi connectivity index (χ3n) is 3.63. The Kier molecular flexibility index (Phi) is 3.80. The molecule has 1 aliphatic heterocycles. The summed E-state index contributed by atoms with van der Waals surface area (Å²) in [5, 5.41) is 16.0. The number of carbonyl (C=O) groups is 2. The number of hydrogen-bond donors (Lipinski definition) is 3. The zero-order valence-corrected chi connectivity index (χ0v) is 12.5. The molecular formula is C17H15N3O3. The van der Waals surface area contributed by atoms with Crippen molar-refractivity contribution in [1.82, 2.24) is 0 Å². The van der Waals surface area contributed by atoms with Crippen LogP contribution in [0.25, 0.3) is 0 Å². The highest BCUT2D eigenvalue weighted by Crippen LogP contribution is 2.24. The summed E-state index contributed by atoms with van der Waals surface area (Å²) in [6.07, 6.45) is 0.389. The van der Waals surface area contributed by atoms with Crippen molar-refractivity contribution in [2.24, 2.45) is 5.10 Å². The number of aromatic carboxylic acids is 1. The second kappa shape index (κ2) is 5.92. The Balaban J connectivity index is 1.74. The Morgan fingerprint density at radius 2 is 1.87 bits per heavy atom. The molecule has 3 N–H and O–H groups in total. The van der Waals surface area contributed by atoms with Gasteiger partial charge < -0.3 is 10.4 Å². The predicted octanol–water partition coefficient (Wildman–Crippen LogP) is 2.72. The van der Waals surface area contributed by atoms with Crippen LogP contribution in [-0.4, -0.2) is 22.7 Å². The molecular weight excluding hydrogens is 294 g/mol. The van der Waals surface area contributed by atoms with E-state index >= 15 is 0 Å². The van der Waals surface area contributed by atoms with Crippen molar-refractivity contribution in [2.75, 3.05) is 10.7 Å². The number of fused-ring (bicyclic) bond motifs is 1. The molecule has 0 aliphatic carbocycles. The molecule has 23 heavy (non-hydrogen) atoms. The van der Waals surface area contributed by atoms with E-state index in [1.165, 1.54) is 12.1 Å². The molecule has 0 radical (unpaired) electrons. The van der Waals surface area contributed by atoms with Gasteiger partial charge in [-0.05, 0) is 54.4 Å². The number of hydrogen-bond acceptors (Lipinski definition) is 4. The number of nitrogens with one attached hydrogen (secondary N) is 2. The Morgan fingerprint density at radius 1 is 1.17 bits per heavy atom. The fourth-order valence-corrected chi connectivity index (χ4v) is 2.35. The standard InChI is InChI=1S/C17H15N3O3/c1-10(12-4-7-15-13(8-12)9-16(21)18-15)19-20-14-5-2-11(3-6-14)17(22)23/h2-8,20H,9H2,1H3,(H,18,21)(H,22,23)/b19-10+. The van der Waals surface area contributed by atoms with Crippen molar-refractivity contribution in [1.29, 1.82) is 0 Å². The van der Waals surface area contributed by atoms with E-state index in [1.54, 1.807) is 12.1 Å². The molecule has 0 spiro atoms. The molecule has 0 saturated heterocycles. The monoisotopic (exact) mass is 309 g/mol. The molecule has 2 aromatic rings. The number of amides is 1. The summed E-state index contributed by atoms with van der Waals surface area (Å²) in [6, 6.07) is 12.1. The molecule has 0 fully saturated rings. The van der Waals surface area contributed by atoms with Crippen molar-refractivity contribution in [3.63, 3.8) is 0 Å². The number of benzene rings is 2. The summed E-state index contributed by atoms with van der Waals surface area (Å²) in [4.78, 5) is 22.2. The van der Waals surface area contributed by atoms with E-state index in [2.05, 4.69) is 15.8 Å². The van der Waals surface area contributed by atoms with Gasteiger partial charge in [0, 0.05) is 5.69 Å². The van der Waals surface area contributed by atoms with Gasteiger partial charge in [-0.25, -0.2) is 4.79 Å². The number of carboxylic acids is 1. The lowest BCUT2D eigenvalue weighted by atomic mass is 10.1. The van der Waals surface area contributed by atoms with E-state index in [0.717, 1.165) is 22.5 Å². The highest BCUT2D eigenvalue weighted by molar-refractivity contribution is 6.03. The van der Waals surface area contributed by atoms with Crippen LogP contribution in [0.4, 0.5) is 11.4 Å². The van der Waals surface area contributed by atoms with Crippen LogP contribution in [0.2, 0.25) is 0 Å². The third-order valence-corrected chi connectivity index (χ3v) is 3.63. The second-order valence-corrected chi connectivity index (χ2v) is 5.29. The topological polar surface area (TPSA) is 90.8 Å². The molecule has 3 rings (SSSR count). The molecule has 0 bridgehead atoms. The van der Waals surface area contributed by atoms with Crippen LogP contribution in [0.1, 0.15) is 28.4 Å². The van der Waals surface area contributed by atoms with Gasteiger partial charge in [0.2, 0.25) is 5.91 Å². The smallest absolute Gasteiger partial charge is 0.335 e. The Labute approximate surface area is 132 Å². The lowest BCUT2D eigenvalue weighted by Gasteiger charge is -2.06. The van der Waals surface area contributed by atoms with Gasteiger partial charge >= 0.3 is 5.97 Å². The summed E-state index contributed by atoms with van der Waals surface area (Å²) < 4.78 is 0. The van der Waals surface area contributed by atoms with E-state index < -0.39 is 5.97 Å². The maximum atomic E-state index is 11.4. The lowest BCUT2D eigenvalue weighted by molar-refractivity contribution is -0.115. The van der Waals surface area contributed by atoms with Crippen LogP contribution in [0.15, 0.2) is 47.6 Å². The van der Waals surface area contributed by atoms with Crippen LogP contribution in [-0.2, 0) is 11.2 Å². The molecule has 116 valence electrons. The summed E-state index contributed by atoms with van der Waals surface area (Å²) in [5.41, 5.74) is 7.34. The summed E-state index contributed by atoms with van der Waals surface area (Å²) >= 11 is 0. The number of nitrogens with zero attached hydrogens (tertiary/aromatic N) is 1. The average molecular weight is 309 g/mol. The summed E-state index contributed by atoms with van der Waals surface area (Å²) in [6.45, 7) is 1.87. The van der Waals surface area contributed by atoms with Crippen LogP contribution >= 0.6 is 0 Å². The van der Waals surface area contributed by atoms with Gasteiger partial charge in [0.1, 0.15) is 0 Å². The maximum absolute atomic E-state index is 11.4. The first-order valence-corrected chi connectivity index (χ1v) is 7.10. The minimum Gasteiger partial charge on any atom is -0.478 e.